The fourth-order valence-corrected chi connectivity index (χ4v) is 2.05. The van der Waals surface area contributed by atoms with E-state index in [0.717, 1.165) is 17.7 Å². The zero-order valence-corrected chi connectivity index (χ0v) is 12.0. The fraction of sp³-hybridized carbons (Fsp3) is 0.533. The number of nitrogens with one attached hydrogen (secondary N) is 1. The van der Waals surface area contributed by atoms with Crippen molar-refractivity contribution in [2.45, 2.75) is 19.8 Å². The number of aliphatic hydroxyl groups is 2. The van der Waals surface area contributed by atoms with E-state index in [9.17, 15) is 4.79 Å². The molecule has 1 amide bonds. The largest absolute Gasteiger partial charge is 0.396 e. The van der Waals surface area contributed by atoms with E-state index in [4.69, 9.17) is 10.2 Å². The van der Waals surface area contributed by atoms with Crippen molar-refractivity contribution in [3.05, 3.63) is 29.8 Å². The number of anilines is 1. The van der Waals surface area contributed by atoms with Crippen LogP contribution in [0.25, 0.3) is 0 Å². The van der Waals surface area contributed by atoms with Crippen LogP contribution in [0, 0.1) is 0 Å². The molecule has 0 aliphatic carbocycles. The Kier molecular flexibility index (Phi) is 7.87. The molecule has 0 atom stereocenters. The van der Waals surface area contributed by atoms with Gasteiger partial charge >= 0.3 is 0 Å². The fourth-order valence-electron chi connectivity index (χ4n) is 2.05. The molecule has 5 nitrogen and oxygen atoms in total. The SMILES string of the molecule is CCc1ccccc1NC(=O)CN(CCO)CCCO. The predicted molar refractivity (Wildman–Crippen MR) is 79.7 cm³/mol. The Morgan fingerprint density at radius 1 is 1.20 bits per heavy atom. The zero-order valence-electron chi connectivity index (χ0n) is 12.0. The number of nitrogens with zero attached hydrogens (tertiary/aromatic N) is 1. The molecule has 1 rings (SSSR count). The number of hydrogen-bond acceptors (Lipinski definition) is 4. The molecule has 20 heavy (non-hydrogen) atoms. The third-order valence-corrected chi connectivity index (χ3v) is 3.09. The summed E-state index contributed by atoms with van der Waals surface area (Å²) in [4.78, 5) is 13.9. The first-order valence-electron chi connectivity index (χ1n) is 7.03. The Hall–Kier alpha value is -1.43. The van der Waals surface area contributed by atoms with Crippen LogP contribution in [0.3, 0.4) is 0 Å². The van der Waals surface area contributed by atoms with Crippen LogP contribution >= 0.6 is 0 Å². The van der Waals surface area contributed by atoms with Crippen molar-refractivity contribution in [2.24, 2.45) is 0 Å². The Labute approximate surface area is 120 Å². The molecule has 112 valence electrons. The number of aliphatic hydroxyl groups excluding tert-OH is 2. The van der Waals surface area contributed by atoms with Gasteiger partial charge in [-0.1, -0.05) is 25.1 Å². The van der Waals surface area contributed by atoms with Crippen molar-refractivity contribution in [3.63, 3.8) is 0 Å². The first-order chi connectivity index (χ1) is 9.71. The molecular weight excluding hydrogens is 256 g/mol. The molecule has 5 heteroatoms. The maximum Gasteiger partial charge on any atom is 0.238 e. The number of carbonyl (C=O) groups excluding carboxylic acids is 1. The minimum Gasteiger partial charge on any atom is -0.396 e. The Morgan fingerprint density at radius 3 is 2.60 bits per heavy atom. The van der Waals surface area contributed by atoms with Crippen molar-refractivity contribution in [1.29, 1.82) is 0 Å². The van der Waals surface area contributed by atoms with Crippen LogP contribution in [0.15, 0.2) is 24.3 Å². The second kappa shape index (κ2) is 9.47. The average Bonchev–Trinajstić information content (AvgIpc) is 2.45. The molecule has 0 unspecified atom stereocenters. The van der Waals surface area contributed by atoms with Gasteiger partial charge < -0.3 is 15.5 Å². The normalized spacial score (nSPS) is 10.8. The van der Waals surface area contributed by atoms with Crippen LogP contribution in [0.5, 0.6) is 0 Å². The first-order valence-corrected chi connectivity index (χ1v) is 7.03. The molecule has 0 radical (unpaired) electrons. The van der Waals surface area contributed by atoms with Crippen LogP contribution in [-0.2, 0) is 11.2 Å². The number of hydrogen-bond donors (Lipinski definition) is 3. The summed E-state index contributed by atoms with van der Waals surface area (Å²) in [7, 11) is 0. The lowest BCUT2D eigenvalue weighted by atomic mass is 10.1. The number of aryl methyl sites for hydroxylation is 1. The Bertz CT molecular complexity index is 410. The second-order valence-electron chi connectivity index (χ2n) is 4.64. The summed E-state index contributed by atoms with van der Waals surface area (Å²) >= 11 is 0. The molecule has 0 spiro atoms. The third-order valence-electron chi connectivity index (χ3n) is 3.09. The topological polar surface area (TPSA) is 72.8 Å². The summed E-state index contributed by atoms with van der Waals surface area (Å²) in [5, 5.41) is 20.7. The first kappa shape index (κ1) is 16.6. The highest BCUT2D eigenvalue weighted by molar-refractivity contribution is 5.93. The van der Waals surface area contributed by atoms with Crippen LogP contribution in [0.2, 0.25) is 0 Å². The highest BCUT2D eigenvalue weighted by atomic mass is 16.3. The van der Waals surface area contributed by atoms with E-state index in [1.165, 1.54) is 0 Å². The zero-order chi connectivity index (χ0) is 14.8. The molecule has 0 bridgehead atoms. The molecule has 0 aliphatic rings. The minimum absolute atomic E-state index is 0.00422. The van der Waals surface area contributed by atoms with Crippen LogP contribution < -0.4 is 5.32 Å². The Morgan fingerprint density at radius 2 is 1.95 bits per heavy atom. The third kappa shape index (κ3) is 5.69. The van der Waals surface area contributed by atoms with Gasteiger partial charge in [0.2, 0.25) is 5.91 Å². The van der Waals surface area contributed by atoms with E-state index in [1.54, 1.807) is 0 Å². The predicted octanol–water partition coefficient (Wildman–Crippen LogP) is 0.864. The van der Waals surface area contributed by atoms with Crippen molar-refractivity contribution < 1.29 is 15.0 Å². The van der Waals surface area contributed by atoms with E-state index >= 15 is 0 Å². The van der Waals surface area contributed by atoms with Crippen LogP contribution in [0.1, 0.15) is 18.9 Å². The quantitative estimate of drug-likeness (QED) is 0.627. The van der Waals surface area contributed by atoms with Gasteiger partial charge in [-0.3, -0.25) is 9.69 Å². The van der Waals surface area contributed by atoms with E-state index in [-0.39, 0.29) is 25.7 Å². The highest BCUT2D eigenvalue weighted by Crippen LogP contribution is 2.15. The van der Waals surface area contributed by atoms with Crippen molar-refractivity contribution in [3.8, 4) is 0 Å². The second-order valence-corrected chi connectivity index (χ2v) is 4.64. The van der Waals surface area contributed by atoms with Crippen molar-refractivity contribution in [2.75, 3.05) is 38.2 Å². The van der Waals surface area contributed by atoms with E-state index in [0.29, 0.717) is 19.5 Å². The number of amides is 1. The van der Waals surface area contributed by atoms with Gasteiger partial charge in [-0.15, -0.1) is 0 Å². The van der Waals surface area contributed by atoms with Crippen LogP contribution in [-0.4, -0.2) is 53.9 Å². The number of rotatable bonds is 9. The molecule has 1 aromatic carbocycles. The summed E-state index contributed by atoms with van der Waals surface area (Å²) in [6, 6.07) is 7.73. The molecular formula is C15H24N2O3. The summed E-state index contributed by atoms with van der Waals surface area (Å²) in [5.41, 5.74) is 1.94. The monoisotopic (exact) mass is 280 g/mol. The highest BCUT2D eigenvalue weighted by Gasteiger charge is 2.11. The van der Waals surface area contributed by atoms with E-state index in [1.807, 2.05) is 36.1 Å². The lowest BCUT2D eigenvalue weighted by Crippen LogP contribution is -2.36. The van der Waals surface area contributed by atoms with Gasteiger partial charge in [0.05, 0.1) is 13.2 Å². The summed E-state index contributed by atoms with van der Waals surface area (Å²) in [6.45, 7) is 3.39. The molecule has 0 saturated carbocycles. The van der Waals surface area contributed by atoms with Crippen LogP contribution in [0.4, 0.5) is 5.69 Å². The minimum atomic E-state index is -0.0997. The molecule has 0 fully saturated rings. The maximum atomic E-state index is 12.0. The number of para-hydroxylation sites is 1. The van der Waals surface area contributed by atoms with Gasteiger partial charge in [0.25, 0.3) is 0 Å². The van der Waals surface area contributed by atoms with Gasteiger partial charge in [-0.2, -0.15) is 0 Å². The van der Waals surface area contributed by atoms with Gasteiger partial charge in [0.1, 0.15) is 0 Å². The Balaban J connectivity index is 2.56. The van der Waals surface area contributed by atoms with Crippen molar-refractivity contribution >= 4 is 11.6 Å². The lowest BCUT2D eigenvalue weighted by Gasteiger charge is -2.20. The molecule has 3 N–H and O–H groups in total. The summed E-state index contributed by atoms with van der Waals surface area (Å²) in [5.74, 6) is -0.0997. The molecule has 0 aliphatic heterocycles. The molecule has 0 heterocycles. The van der Waals surface area contributed by atoms with Gasteiger partial charge in [0.15, 0.2) is 0 Å². The van der Waals surface area contributed by atoms with Gasteiger partial charge in [0, 0.05) is 25.4 Å². The lowest BCUT2D eigenvalue weighted by molar-refractivity contribution is -0.117. The molecule has 1 aromatic rings. The van der Waals surface area contributed by atoms with Gasteiger partial charge in [-0.25, -0.2) is 0 Å². The summed E-state index contributed by atoms with van der Waals surface area (Å²) < 4.78 is 0. The van der Waals surface area contributed by atoms with Gasteiger partial charge in [-0.05, 0) is 24.5 Å². The summed E-state index contributed by atoms with van der Waals surface area (Å²) in [6.07, 6.45) is 1.46. The van der Waals surface area contributed by atoms with E-state index < -0.39 is 0 Å². The smallest absolute Gasteiger partial charge is 0.238 e. The molecule has 0 saturated heterocycles. The molecule has 0 aromatic heterocycles. The maximum absolute atomic E-state index is 12.0. The average molecular weight is 280 g/mol. The van der Waals surface area contributed by atoms with E-state index in [2.05, 4.69) is 5.32 Å². The standard InChI is InChI=1S/C15H24N2O3/c1-2-13-6-3-4-7-14(13)16-15(20)12-17(9-11-19)8-5-10-18/h3-4,6-7,18-19H,2,5,8-12H2,1H3,(H,16,20). The number of carbonyl (C=O) groups is 1. The number of benzene rings is 1. The van der Waals surface area contributed by atoms with Crippen molar-refractivity contribution in [1.82, 2.24) is 4.90 Å².